The molecule has 0 saturated carbocycles. The molecule has 0 bridgehead atoms. The highest BCUT2D eigenvalue weighted by atomic mass is 32.2. The number of halogens is 1. The van der Waals surface area contributed by atoms with E-state index in [2.05, 4.69) is 20.0 Å². The van der Waals surface area contributed by atoms with Crippen LogP contribution in [0.5, 0.6) is 0 Å². The molecule has 2 heterocycles. The summed E-state index contributed by atoms with van der Waals surface area (Å²) in [6.45, 7) is 3.15. The third kappa shape index (κ3) is 3.74. The van der Waals surface area contributed by atoms with Gasteiger partial charge in [-0.2, -0.15) is 4.98 Å². The highest BCUT2D eigenvalue weighted by Crippen LogP contribution is 2.19. The average Bonchev–Trinajstić information content (AvgIpc) is 3.15. The first kappa shape index (κ1) is 17.2. The van der Waals surface area contributed by atoms with Crippen LogP contribution >= 0.6 is 0 Å². The van der Waals surface area contributed by atoms with Gasteiger partial charge in [-0.05, 0) is 38.1 Å². The van der Waals surface area contributed by atoms with Gasteiger partial charge in [0.15, 0.2) is 5.76 Å². The largest absolute Gasteiger partial charge is 0.360 e. The number of sulfonamides is 1. The number of hydrogen-bond donors (Lipinski definition) is 1. The van der Waals surface area contributed by atoms with Crippen molar-refractivity contribution in [2.24, 2.45) is 0 Å². The number of rotatable bonds is 6. The molecule has 0 saturated heterocycles. The maximum Gasteiger partial charge on any atom is 0.245 e. The average molecular weight is 366 g/mol. The maximum absolute atomic E-state index is 12.9. The number of aryl methyl sites for hydroxylation is 2. The molecule has 0 radical (unpaired) electrons. The number of nitrogens with one attached hydrogen (secondary N) is 1. The van der Waals surface area contributed by atoms with Gasteiger partial charge >= 0.3 is 0 Å². The van der Waals surface area contributed by atoms with E-state index in [4.69, 9.17) is 9.05 Å². The summed E-state index contributed by atoms with van der Waals surface area (Å²) < 4.78 is 49.9. The zero-order valence-electron chi connectivity index (χ0n) is 13.5. The van der Waals surface area contributed by atoms with Crippen LogP contribution in [0.25, 0.3) is 11.4 Å². The monoisotopic (exact) mass is 366 g/mol. The van der Waals surface area contributed by atoms with Gasteiger partial charge in [0.25, 0.3) is 0 Å². The minimum Gasteiger partial charge on any atom is -0.360 e. The molecule has 0 spiro atoms. The Hall–Kier alpha value is -2.59. The van der Waals surface area contributed by atoms with E-state index >= 15 is 0 Å². The Balaban J connectivity index is 1.64. The van der Waals surface area contributed by atoms with Gasteiger partial charge in [0.05, 0.1) is 0 Å². The molecule has 132 valence electrons. The molecule has 0 aliphatic carbocycles. The molecule has 0 fully saturated rings. The number of nitrogens with zero attached hydrogens (tertiary/aromatic N) is 3. The molecule has 2 aromatic heterocycles. The minimum atomic E-state index is -3.74. The standard InChI is InChI=1S/C15H15FN4O4S/c1-9-14(10(2)23-19-9)25(21,22)17-8-7-13-18-15(20-24-13)11-3-5-12(16)6-4-11/h3-6,17H,7-8H2,1-2H3. The molecule has 0 atom stereocenters. The predicted molar refractivity (Wildman–Crippen MR) is 84.6 cm³/mol. The Kier molecular flexibility index (Phi) is 4.64. The Labute approximate surface area is 143 Å². The van der Waals surface area contributed by atoms with E-state index in [0.717, 1.165) is 0 Å². The maximum atomic E-state index is 12.9. The lowest BCUT2D eigenvalue weighted by atomic mass is 10.2. The lowest BCUT2D eigenvalue weighted by molar-refractivity contribution is 0.379. The van der Waals surface area contributed by atoms with Crippen molar-refractivity contribution in [2.45, 2.75) is 25.2 Å². The van der Waals surface area contributed by atoms with Crippen LogP contribution in [-0.2, 0) is 16.4 Å². The fourth-order valence-corrected chi connectivity index (χ4v) is 3.65. The number of aromatic nitrogens is 3. The van der Waals surface area contributed by atoms with Crippen LogP contribution in [0.1, 0.15) is 17.3 Å². The smallest absolute Gasteiger partial charge is 0.245 e. The molecular weight excluding hydrogens is 351 g/mol. The van der Waals surface area contributed by atoms with Crippen molar-refractivity contribution in [3.63, 3.8) is 0 Å². The van der Waals surface area contributed by atoms with Crippen LogP contribution < -0.4 is 4.72 Å². The summed E-state index contributed by atoms with van der Waals surface area (Å²) in [5, 5.41) is 7.43. The first-order valence-corrected chi connectivity index (χ1v) is 8.86. The quantitative estimate of drug-likeness (QED) is 0.710. The topological polar surface area (TPSA) is 111 Å². The summed E-state index contributed by atoms with van der Waals surface area (Å²) >= 11 is 0. The van der Waals surface area contributed by atoms with Gasteiger partial charge < -0.3 is 9.05 Å². The van der Waals surface area contributed by atoms with Crippen molar-refractivity contribution in [1.82, 2.24) is 20.0 Å². The van der Waals surface area contributed by atoms with Crippen molar-refractivity contribution >= 4 is 10.0 Å². The molecule has 0 amide bonds. The van der Waals surface area contributed by atoms with E-state index in [1.54, 1.807) is 6.92 Å². The summed E-state index contributed by atoms with van der Waals surface area (Å²) in [6, 6.07) is 5.65. The molecule has 10 heteroatoms. The zero-order chi connectivity index (χ0) is 18.0. The van der Waals surface area contributed by atoms with Crippen LogP contribution in [0, 0.1) is 19.7 Å². The second kappa shape index (κ2) is 6.73. The van der Waals surface area contributed by atoms with Crippen molar-refractivity contribution in [3.05, 3.63) is 47.4 Å². The SMILES string of the molecule is Cc1noc(C)c1S(=O)(=O)NCCc1nc(-c2ccc(F)cc2)no1. The van der Waals surface area contributed by atoms with Gasteiger partial charge in [-0.15, -0.1) is 0 Å². The zero-order valence-corrected chi connectivity index (χ0v) is 14.3. The van der Waals surface area contributed by atoms with Gasteiger partial charge in [-0.1, -0.05) is 10.3 Å². The number of benzene rings is 1. The van der Waals surface area contributed by atoms with Crippen LogP contribution in [0.15, 0.2) is 38.2 Å². The Morgan fingerprint density at radius 2 is 1.84 bits per heavy atom. The van der Waals surface area contributed by atoms with Gasteiger partial charge in [0.1, 0.15) is 16.4 Å². The molecule has 0 aliphatic rings. The molecule has 0 unspecified atom stereocenters. The lowest BCUT2D eigenvalue weighted by Gasteiger charge is -2.04. The summed E-state index contributed by atoms with van der Waals surface area (Å²) in [5.74, 6) is 0.437. The van der Waals surface area contributed by atoms with Crippen molar-refractivity contribution in [2.75, 3.05) is 6.54 Å². The second-order valence-electron chi connectivity index (χ2n) is 5.32. The molecule has 25 heavy (non-hydrogen) atoms. The van der Waals surface area contributed by atoms with Crippen LogP contribution in [0.3, 0.4) is 0 Å². The van der Waals surface area contributed by atoms with Gasteiger partial charge in [-0.25, -0.2) is 17.5 Å². The molecule has 0 aliphatic heterocycles. The summed E-state index contributed by atoms with van der Waals surface area (Å²) in [6.07, 6.45) is 0.205. The highest BCUT2D eigenvalue weighted by molar-refractivity contribution is 7.89. The predicted octanol–water partition coefficient (Wildman–Crippen LogP) is 2.00. The minimum absolute atomic E-state index is 0.0324. The molecule has 8 nitrogen and oxygen atoms in total. The normalized spacial score (nSPS) is 11.8. The van der Waals surface area contributed by atoms with Gasteiger partial charge in [0.2, 0.25) is 21.7 Å². The van der Waals surface area contributed by atoms with Crippen LogP contribution in [0.4, 0.5) is 4.39 Å². The fraction of sp³-hybridized carbons (Fsp3) is 0.267. The third-order valence-electron chi connectivity index (χ3n) is 3.44. The molecule has 1 aromatic carbocycles. The molecule has 3 aromatic rings. The summed E-state index contributed by atoms with van der Waals surface area (Å²) in [5.41, 5.74) is 0.897. The van der Waals surface area contributed by atoms with E-state index in [0.29, 0.717) is 17.1 Å². The van der Waals surface area contributed by atoms with E-state index in [1.807, 2.05) is 0 Å². The van der Waals surface area contributed by atoms with Gasteiger partial charge in [0, 0.05) is 18.5 Å². The summed E-state index contributed by atoms with van der Waals surface area (Å²) in [7, 11) is -3.74. The van der Waals surface area contributed by atoms with Crippen LogP contribution in [0.2, 0.25) is 0 Å². The Morgan fingerprint density at radius 1 is 1.12 bits per heavy atom. The second-order valence-corrected chi connectivity index (χ2v) is 7.02. The van der Waals surface area contributed by atoms with E-state index < -0.39 is 10.0 Å². The van der Waals surface area contributed by atoms with E-state index in [1.165, 1.54) is 31.2 Å². The first-order valence-electron chi connectivity index (χ1n) is 7.38. The molecule has 1 N–H and O–H groups in total. The van der Waals surface area contributed by atoms with Gasteiger partial charge in [-0.3, -0.25) is 0 Å². The summed E-state index contributed by atoms with van der Waals surface area (Å²) in [4.78, 5) is 4.19. The number of hydrogen-bond acceptors (Lipinski definition) is 7. The fourth-order valence-electron chi connectivity index (χ4n) is 2.30. The Bertz CT molecular complexity index is 960. The first-order chi connectivity index (χ1) is 11.9. The molecule has 3 rings (SSSR count). The van der Waals surface area contributed by atoms with Crippen LogP contribution in [-0.4, -0.2) is 30.3 Å². The molecular formula is C15H15FN4O4S. The van der Waals surface area contributed by atoms with Crippen molar-refractivity contribution in [1.29, 1.82) is 0 Å². The van der Waals surface area contributed by atoms with E-state index in [9.17, 15) is 12.8 Å². The highest BCUT2D eigenvalue weighted by Gasteiger charge is 2.23. The van der Waals surface area contributed by atoms with Crippen molar-refractivity contribution < 1.29 is 21.9 Å². The third-order valence-corrected chi connectivity index (χ3v) is 5.14. The lowest BCUT2D eigenvalue weighted by Crippen LogP contribution is -2.26. The Morgan fingerprint density at radius 3 is 2.48 bits per heavy atom. The van der Waals surface area contributed by atoms with E-state index in [-0.39, 0.29) is 35.3 Å². The van der Waals surface area contributed by atoms with Crippen molar-refractivity contribution in [3.8, 4) is 11.4 Å².